The average Bonchev–Trinajstić information content (AvgIpc) is 2.37. The number of anilines is 1. The number of carbonyl (C=O) groups excluding carboxylic acids is 2. The van der Waals surface area contributed by atoms with Crippen molar-refractivity contribution >= 4 is 45.8 Å². The molecule has 0 spiro atoms. The minimum Gasteiger partial charge on any atom is -0.324 e. The van der Waals surface area contributed by atoms with Crippen LogP contribution in [0.4, 0.5) is 5.69 Å². The van der Waals surface area contributed by atoms with Crippen LogP contribution in [-0.2, 0) is 9.59 Å². The van der Waals surface area contributed by atoms with Crippen molar-refractivity contribution in [3.8, 4) is 0 Å². The molecule has 0 saturated carbocycles. The van der Waals surface area contributed by atoms with Gasteiger partial charge in [0.1, 0.15) is 6.54 Å². The van der Waals surface area contributed by atoms with E-state index in [1.807, 2.05) is 31.2 Å². The highest BCUT2D eigenvalue weighted by atomic mass is 127. The van der Waals surface area contributed by atoms with Crippen molar-refractivity contribution < 1.29 is 9.59 Å². The molecule has 2 amide bonds. The zero-order chi connectivity index (χ0) is 13.8. The van der Waals surface area contributed by atoms with E-state index in [9.17, 15) is 9.59 Å². The van der Waals surface area contributed by atoms with Crippen LogP contribution >= 0.6 is 22.6 Å². The second kappa shape index (κ2) is 6.14. The van der Waals surface area contributed by atoms with E-state index in [-0.39, 0.29) is 18.4 Å². The number of nitrogens with zero attached hydrogens (tertiary/aromatic N) is 2. The SMILES string of the molecule is CC1=NN(CC(=O)Nc2ccc(I)cc2)C(=O)CC1. The number of hydrogen-bond acceptors (Lipinski definition) is 3. The predicted octanol–water partition coefficient (Wildman–Crippen LogP) is 2.23. The molecule has 0 aromatic heterocycles. The lowest BCUT2D eigenvalue weighted by atomic mass is 10.2. The minimum atomic E-state index is -0.243. The molecule has 0 atom stereocenters. The number of hydrogen-bond donors (Lipinski definition) is 1. The molecular weight excluding hydrogens is 357 g/mol. The molecule has 1 N–H and O–H groups in total. The Bertz CT molecular complexity index is 525. The summed E-state index contributed by atoms with van der Waals surface area (Å²) in [4.78, 5) is 23.5. The smallest absolute Gasteiger partial charge is 0.246 e. The van der Waals surface area contributed by atoms with Gasteiger partial charge in [-0.1, -0.05) is 0 Å². The van der Waals surface area contributed by atoms with E-state index in [1.54, 1.807) is 0 Å². The molecule has 0 bridgehead atoms. The van der Waals surface area contributed by atoms with E-state index in [2.05, 4.69) is 33.0 Å². The number of carbonyl (C=O) groups is 2. The van der Waals surface area contributed by atoms with Crippen molar-refractivity contribution in [2.24, 2.45) is 5.10 Å². The molecule has 1 heterocycles. The van der Waals surface area contributed by atoms with Crippen molar-refractivity contribution in [3.05, 3.63) is 27.8 Å². The van der Waals surface area contributed by atoms with E-state index >= 15 is 0 Å². The lowest BCUT2D eigenvalue weighted by molar-refractivity contribution is -0.135. The van der Waals surface area contributed by atoms with Crippen molar-refractivity contribution in [2.75, 3.05) is 11.9 Å². The van der Waals surface area contributed by atoms with Gasteiger partial charge in [-0.3, -0.25) is 9.59 Å². The molecule has 1 aliphatic heterocycles. The number of amides is 2. The zero-order valence-electron chi connectivity index (χ0n) is 10.5. The highest BCUT2D eigenvalue weighted by Gasteiger charge is 2.20. The lowest BCUT2D eigenvalue weighted by Gasteiger charge is -2.21. The Kier molecular flexibility index (Phi) is 4.52. The van der Waals surface area contributed by atoms with Gasteiger partial charge >= 0.3 is 0 Å². The molecule has 100 valence electrons. The van der Waals surface area contributed by atoms with Crippen LogP contribution in [-0.4, -0.2) is 29.1 Å². The van der Waals surface area contributed by atoms with Gasteiger partial charge in [0.15, 0.2) is 0 Å². The summed E-state index contributed by atoms with van der Waals surface area (Å²) in [5.74, 6) is -0.351. The molecule has 1 aromatic rings. The first-order valence-corrected chi connectivity index (χ1v) is 7.02. The first-order valence-electron chi connectivity index (χ1n) is 5.94. The van der Waals surface area contributed by atoms with Gasteiger partial charge in [-0.25, -0.2) is 5.01 Å². The molecule has 0 fully saturated rings. The van der Waals surface area contributed by atoms with Gasteiger partial charge in [0.2, 0.25) is 11.8 Å². The Morgan fingerprint density at radius 3 is 2.74 bits per heavy atom. The number of nitrogens with one attached hydrogen (secondary N) is 1. The van der Waals surface area contributed by atoms with Crippen LogP contribution in [0.3, 0.4) is 0 Å². The quantitative estimate of drug-likeness (QED) is 0.829. The maximum absolute atomic E-state index is 11.8. The maximum Gasteiger partial charge on any atom is 0.246 e. The fourth-order valence-corrected chi connectivity index (χ4v) is 2.08. The van der Waals surface area contributed by atoms with E-state index in [4.69, 9.17) is 0 Å². The van der Waals surface area contributed by atoms with E-state index in [0.29, 0.717) is 12.8 Å². The number of rotatable bonds is 3. The largest absolute Gasteiger partial charge is 0.324 e. The summed E-state index contributed by atoms with van der Waals surface area (Å²) in [6.45, 7) is 1.82. The standard InChI is InChI=1S/C13H14IN3O2/c1-9-2-7-13(19)17(16-9)8-12(18)15-11-5-3-10(14)4-6-11/h3-6H,2,7-8H2,1H3,(H,15,18). The van der Waals surface area contributed by atoms with Crippen LogP contribution in [0, 0.1) is 3.57 Å². The Hall–Kier alpha value is -1.44. The maximum atomic E-state index is 11.8. The molecule has 0 saturated heterocycles. The number of halogens is 1. The minimum absolute atomic E-state index is 0.0395. The van der Waals surface area contributed by atoms with Crippen LogP contribution in [0.1, 0.15) is 19.8 Å². The molecule has 1 aromatic carbocycles. The summed E-state index contributed by atoms with van der Waals surface area (Å²) in [5.41, 5.74) is 1.59. The van der Waals surface area contributed by atoms with E-state index < -0.39 is 0 Å². The average molecular weight is 371 g/mol. The summed E-state index contributed by atoms with van der Waals surface area (Å²) < 4.78 is 1.10. The summed E-state index contributed by atoms with van der Waals surface area (Å²) in [7, 11) is 0. The molecule has 6 heteroatoms. The third kappa shape index (κ3) is 4.02. The molecule has 0 radical (unpaired) electrons. The third-order valence-electron chi connectivity index (χ3n) is 2.70. The van der Waals surface area contributed by atoms with Crippen LogP contribution < -0.4 is 5.32 Å². The number of benzene rings is 1. The van der Waals surface area contributed by atoms with Gasteiger partial charge in [-0.2, -0.15) is 5.10 Å². The topological polar surface area (TPSA) is 61.8 Å². The van der Waals surface area contributed by atoms with Gasteiger partial charge in [-0.15, -0.1) is 0 Å². The Labute approximate surface area is 125 Å². The first kappa shape index (κ1) is 14.0. The van der Waals surface area contributed by atoms with Gasteiger partial charge in [0.05, 0.1) is 0 Å². The third-order valence-corrected chi connectivity index (χ3v) is 3.42. The Balaban J connectivity index is 1.96. The fourth-order valence-electron chi connectivity index (χ4n) is 1.72. The molecule has 5 nitrogen and oxygen atoms in total. The van der Waals surface area contributed by atoms with Crippen molar-refractivity contribution in [2.45, 2.75) is 19.8 Å². The molecule has 0 unspecified atom stereocenters. The van der Waals surface area contributed by atoms with Crippen LogP contribution in [0.2, 0.25) is 0 Å². The highest BCUT2D eigenvalue weighted by Crippen LogP contribution is 2.12. The number of hydrazone groups is 1. The van der Waals surface area contributed by atoms with Crippen LogP contribution in [0.5, 0.6) is 0 Å². The van der Waals surface area contributed by atoms with Crippen LogP contribution in [0.15, 0.2) is 29.4 Å². The second-order valence-electron chi connectivity index (χ2n) is 4.34. The zero-order valence-corrected chi connectivity index (χ0v) is 12.7. The molecule has 0 aliphatic carbocycles. The van der Waals surface area contributed by atoms with Crippen LogP contribution in [0.25, 0.3) is 0 Å². The van der Waals surface area contributed by atoms with E-state index in [0.717, 1.165) is 15.0 Å². The Morgan fingerprint density at radius 1 is 1.37 bits per heavy atom. The van der Waals surface area contributed by atoms with Gasteiger partial charge in [0, 0.05) is 21.4 Å². The molecule has 19 heavy (non-hydrogen) atoms. The van der Waals surface area contributed by atoms with Crippen molar-refractivity contribution in [1.29, 1.82) is 0 Å². The molecular formula is C13H14IN3O2. The van der Waals surface area contributed by atoms with Gasteiger partial charge in [-0.05, 0) is 60.2 Å². The summed E-state index contributed by atoms with van der Waals surface area (Å²) in [5, 5.41) is 8.08. The predicted molar refractivity (Wildman–Crippen MR) is 81.8 cm³/mol. The normalized spacial score (nSPS) is 15.2. The Morgan fingerprint density at radius 2 is 2.05 bits per heavy atom. The lowest BCUT2D eigenvalue weighted by Crippen LogP contribution is -2.37. The fraction of sp³-hybridized carbons (Fsp3) is 0.308. The van der Waals surface area contributed by atoms with E-state index in [1.165, 1.54) is 5.01 Å². The highest BCUT2D eigenvalue weighted by molar-refractivity contribution is 14.1. The molecule has 1 aliphatic rings. The van der Waals surface area contributed by atoms with Gasteiger partial charge in [0.25, 0.3) is 0 Å². The summed E-state index contributed by atoms with van der Waals surface area (Å²) in [6, 6.07) is 7.47. The summed E-state index contributed by atoms with van der Waals surface area (Å²) >= 11 is 2.20. The van der Waals surface area contributed by atoms with Crippen molar-refractivity contribution in [3.63, 3.8) is 0 Å². The molecule has 2 rings (SSSR count). The second-order valence-corrected chi connectivity index (χ2v) is 5.59. The summed E-state index contributed by atoms with van der Waals surface area (Å²) in [6.07, 6.45) is 1.10. The van der Waals surface area contributed by atoms with Crippen molar-refractivity contribution in [1.82, 2.24) is 5.01 Å². The van der Waals surface area contributed by atoms with Gasteiger partial charge < -0.3 is 5.32 Å². The monoisotopic (exact) mass is 371 g/mol. The first-order chi connectivity index (χ1) is 9.04.